The molecule has 7 nitrogen and oxygen atoms in total. The third kappa shape index (κ3) is 4.22. The lowest BCUT2D eigenvalue weighted by Gasteiger charge is -2.28. The van der Waals surface area contributed by atoms with Crippen molar-refractivity contribution in [2.24, 2.45) is 13.0 Å². The monoisotopic (exact) mass is 412 g/mol. The quantitative estimate of drug-likeness (QED) is 0.815. The van der Waals surface area contributed by atoms with E-state index in [4.69, 9.17) is 0 Å². The van der Waals surface area contributed by atoms with E-state index in [1.165, 1.54) is 28.3 Å². The fourth-order valence-corrected chi connectivity index (χ4v) is 4.69. The van der Waals surface area contributed by atoms with Gasteiger partial charge in [-0.25, -0.2) is 17.2 Å². The predicted molar refractivity (Wildman–Crippen MR) is 97.9 cm³/mol. The molecule has 1 saturated heterocycles. The van der Waals surface area contributed by atoms with Crippen molar-refractivity contribution >= 4 is 15.9 Å². The number of aryl methyl sites for hydroxylation is 1. The highest BCUT2D eigenvalue weighted by Gasteiger charge is 2.34. The van der Waals surface area contributed by atoms with Crippen LogP contribution >= 0.6 is 0 Å². The highest BCUT2D eigenvalue weighted by atomic mass is 32.2. The van der Waals surface area contributed by atoms with Crippen LogP contribution in [-0.4, -0.2) is 41.5 Å². The molecule has 0 saturated carbocycles. The highest BCUT2D eigenvalue weighted by molar-refractivity contribution is 7.89. The van der Waals surface area contributed by atoms with E-state index in [2.05, 4.69) is 17.3 Å². The smallest absolute Gasteiger partial charge is 0.263 e. The van der Waals surface area contributed by atoms with E-state index in [9.17, 15) is 22.0 Å². The molecule has 0 aliphatic carbocycles. The Hall–Kier alpha value is -2.33. The van der Waals surface area contributed by atoms with Crippen LogP contribution in [0.4, 0.5) is 8.78 Å². The molecule has 0 spiro atoms. The third-order valence-electron chi connectivity index (χ3n) is 4.82. The maximum atomic E-state index is 13.7. The van der Waals surface area contributed by atoms with Crippen LogP contribution < -0.4 is 5.32 Å². The van der Waals surface area contributed by atoms with E-state index in [1.807, 2.05) is 0 Å². The maximum absolute atomic E-state index is 13.7. The minimum absolute atomic E-state index is 0.0908. The van der Waals surface area contributed by atoms with Gasteiger partial charge >= 0.3 is 0 Å². The number of aromatic nitrogens is 2. The van der Waals surface area contributed by atoms with Crippen LogP contribution in [0.2, 0.25) is 0 Å². The normalized spacial score (nSPS) is 16.3. The molecular weight excluding hydrogens is 390 g/mol. The number of carbonyl (C=O) groups is 1. The number of carbonyl (C=O) groups excluding carboxylic acids is 1. The number of amides is 1. The summed E-state index contributed by atoms with van der Waals surface area (Å²) in [6.45, 7) is 2.61. The van der Waals surface area contributed by atoms with Crippen molar-refractivity contribution in [2.45, 2.75) is 31.3 Å². The van der Waals surface area contributed by atoms with Crippen LogP contribution in [0, 0.1) is 17.6 Å². The van der Waals surface area contributed by atoms with Gasteiger partial charge < -0.3 is 5.32 Å². The Balaban J connectivity index is 1.80. The standard InChI is InChI=1S/C18H22F2N4O3S/c1-12-5-7-24(8-6-12)28(26,27)18-15(11-23(2)22-18)17(25)21-10-13-3-4-14(19)9-16(13)20/h3-4,9,11-12H,5-8,10H2,1-2H3,(H,21,25). The van der Waals surface area contributed by atoms with Crippen molar-refractivity contribution in [3.05, 3.63) is 47.2 Å². The van der Waals surface area contributed by atoms with E-state index in [0.717, 1.165) is 25.0 Å². The largest absolute Gasteiger partial charge is 0.348 e. The Morgan fingerprint density at radius 2 is 1.96 bits per heavy atom. The average molecular weight is 412 g/mol. The zero-order valence-electron chi connectivity index (χ0n) is 15.7. The first-order chi connectivity index (χ1) is 13.2. The van der Waals surface area contributed by atoms with E-state index >= 15 is 0 Å². The Morgan fingerprint density at radius 1 is 1.29 bits per heavy atom. The van der Waals surface area contributed by atoms with Gasteiger partial charge in [0.1, 0.15) is 11.6 Å². The topological polar surface area (TPSA) is 84.3 Å². The van der Waals surface area contributed by atoms with Crippen LogP contribution in [0.15, 0.2) is 29.4 Å². The van der Waals surface area contributed by atoms with Gasteiger partial charge in [0, 0.05) is 44.5 Å². The predicted octanol–water partition coefficient (Wildman–Crippen LogP) is 2.05. The summed E-state index contributed by atoms with van der Waals surface area (Å²) in [7, 11) is -2.40. The Morgan fingerprint density at radius 3 is 2.61 bits per heavy atom. The number of benzene rings is 1. The number of piperidine rings is 1. The summed E-state index contributed by atoms with van der Waals surface area (Å²) in [5, 5.41) is 6.14. The molecule has 1 aromatic carbocycles. The van der Waals surface area contributed by atoms with Gasteiger partial charge in [0.15, 0.2) is 0 Å². The van der Waals surface area contributed by atoms with Gasteiger partial charge in [-0.1, -0.05) is 13.0 Å². The highest BCUT2D eigenvalue weighted by Crippen LogP contribution is 2.24. The van der Waals surface area contributed by atoms with Crippen molar-refractivity contribution in [1.29, 1.82) is 0 Å². The number of nitrogens with one attached hydrogen (secondary N) is 1. The molecule has 2 aromatic rings. The summed E-state index contributed by atoms with van der Waals surface area (Å²) >= 11 is 0. The fraction of sp³-hybridized carbons (Fsp3) is 0.444. The molecule has 0 bridgehead atoms. The zero-order valence-corrected chi connectivity index (χ0v) is 16.5. The van der Waals surface area contributed by atoms with Crippen molar-refractivity contribution in [1.82, 2.24) is 19.4 Å². The lowest BCUT2D eigenvalue weighted by molar-refractivity contribution is 0.0947. The number of halogens is 2. The second-order valence-corrected chi connectivity index (χ2v) is 8.88. The number of hydrogen-bond acceptors (Lipinski definition) is 4. The maximum Gasteiger partial charge on any atom is 0.263 e. The van der Waals surface area contributed by atoms with E-state index < -0.39 is 27.6 Å². The summed E-state index contributed by atoms with van der Waals surface area (Å²) < 4.78 is 55.3. The van der Waals surface area contributed by atoms with Crippen LogP contribution in [0.1, 0.15) is 35.7 Å². The summed E-state index contributed by atoms with van der Waals surface area (Å²) in [6, 6.07) is 3.03. The average Bonchev–Trinajstić information content (AvgIpc) is 3.04. The molecule has 1 aliphatic rings. The Labute approximate surface area is 162 Å². The number of hydrogen-bond donors (Lipinski definition) is 1. The van der Waals surface area contributed by atoms with E-state index in [-0.39, 0.29) is 22.7 Å². The minimum Gasteiger partial charge on any atom is -0.348 e. The van der Waals surface area contributed by atoms with E-state index in [0.29, 0.717) is 19.0 Å². The van der Waals surface area contributed by atoms with Gasteiger partial charge in [0.25, 0.3) is 15.9 Å². The Kier molecular flexibility index (Phi) is 5.80. The van der Waals surface area contributed by atoms with Crippen molar-refractivity contribution < 1.29 is 22.0 Å². The zero-order chi connectivity index (χ0) is 20.5. The second kappa shape index (κ2) is 7.96. The lowest BCUT2D eigenvalue weighted by atomic mass is 10.0. The molecule has 0 radical (unpaired) electrons. The van der Waals surface area contributed by atoms with Gasteiger partial charge in [-0.2, -0.15) is 9.40 Å². The lowest BCUT2D eigenvalue weighted by Crippen LogP contribution is -2.39. The van der Waals surface area contributed by atoms with E-state index in [1.54, 1.807) is 0 Å². The number of nitrogens with zero attached hydrogens (tertiary/aromatic N) is 3. The molecule has 1 aliphatic heterocycles. The molecule has 1 fully saturated rings. The first-order valence-electron chi connectivity index (χ1n) is 8.94. The van der Waals surface area contributed by atoms with Crippen LogP contribution in [0.25, 0.3) is 0 Å². The second-order valence-electron chi connectivity index (χ2n) is 7.03. The first kappa shape index (κ1) is 20.4. The molecule has 1 aromatic heterocycles. The minimum atomic E-state index is -3.92. The molecule has 1 amide bonds. The number of rotatable bonds is 5. The van der Waals surface area contributed by atoms with Crippen molar-refractivity contribution in [3.8, 4) is 0 Å². The van der Waals surface area contributed by atoms with Crippen LogP contribution in [0.5, 0.6) is 0 Å². The molecule has 152 valence electrons. The first-order valence-corrected chi connectivity index (χ1v) is 10.4. The molecule has 3 rings (SSSR count). The van der Waals surface area contributed by atoms with Crippen molar-refractivity contribution in [2.75, 3.05) is 13.1 Å². The van der Waals surface area contributed by atoms with Crippen LogP contribution in [0.3, 0.4) is 0 Å². The molecular formula is C18H22F2N4O3S. The number of sulfonamides is 1. The molecule has 28 heavy (non-hydrogen) atoms. The summed E-state index contributed by atoms with van der Waals surface area (Å²) in [5.41, 5.74) is -0.0169. The van der Waals surface area contributed by atoms with Gasteiger partial charge in [0.05, 0.1) is 5.56 Å². The SMILES string of the molecule is CC1CCN(S(=O)(=O)c2nn(C)cc2C(=O)NCc2ccc(F)cc2F)CC1. The summed E-state index contributed by atoms with van der Waals surface area (Å²) in [4.78, 5) is 12.6. The Bertz CT molecular complexity index is 983. The van der Waals surface area contributed by atoms with Gasteiger partial charge in [-0.3, -0.25) is 9.48 Å². The molecule has 0 unspecified atom stereocenters. The third-order valence-corrected chi connectivity index (χ3v) is 6.66. The van der Waals surface area contributed by atoms with Gasteiger partial charge in [-0.15, -0.1) is 0 Å². The van der Waals surface area contributed by atoms with Gasteiger partial charge in [-0.05, 0) is 24.8 Å². The molecule has 0 atom stereocenters. The fourth-order valence-electron chi connectivity index (χ4n) is 3.10. The summed E-state index contributed by atoms with van der Waals surface area (Å²) in [6.07, 6.45) is 2.81. The molecule has 2 heterocycles. The van der Waals surface area contributed by atoms with Crippen LogP contribution in [-0.2, 0) is 23.6 Å². The van der Waals surface area contributed by atoms with Gasteiger partial charge in [0.2, 0.25) is 5.03 Å². The molecule has 10 heteroatoms. The summed E-state index contributed by atoms with van der Waals surface area (Å²) in [5.74, 6) is -1.75. The molecule has 1 N–H and O–H groups in total. The van der Waals surface area contributed by atoms with Crippen molar-refractivity contribution in [3.63, 3.8) is 0 Å².